The lowest BCUT2D eigenvalue weighted by molar-refractivity contribution is 0.0934. The molecule has 4 aromatic rings. The van der Waals surface area contributed by atoms with E-state index in [1.54, 1.807) is 6.07 Å². The van der Waals surface area contributed by atoms with Gasteiger partial charge >= 0.3 is 0 Å². The molecule has 0 bridgehead atoms. The molecule has 4 rings (SSSR count). The molecule has 0 radical (unpaired) electrons. The Morgan fingerprint density at radius 1 is 1.10 bits per heavy atom. The van der Waals surface area contributed by atoms with E-state index in [1.165, 1.54) is 58.5 Å². The molecule has 0 aliphatic rings. The molecule has 0 aliphatic carbocycles. The molecule has 1 N–H and O–H groups in total. The zero-order valence-corrected chi connectivity index (χ0v) is 16.1. The van der Waals surface area contributed by atoms with Crippen LogP contribution in [0.5, 0.6) is 0 Å². The number of rotatable bonds is 5. The minimum atomic E-state index is -1.21. The second-order valence-electron chi connectivity index (χ2n) is 6.18. The van der Waals surface area contributed by atoms with Crippen molar-refractivity contribution in [3.05, 3.63) is 89.1 Å². The van der Waals surface area contributed by atoms with Crippen molar-refractivity contribution in [3.63, 3.8) is 0 Å². The molecular formula is C21H13F2N5OS. The lowest BCUT2D eigenvalue weighted by atomic mass is 10.1. The number of amides is 1. The zero-order valence-electron chi connectivity index (χ0n) is 15.3. The van der Waals surface area contributed by atoms with E-state index < -0.39 is 23.6 Å². The van der Waals surface area contributed by atoms with E-state index in [0.717, 1.165) is 4.88 Å². The Bertz CT molecular complexity index is 1230. The highest BCUT2D eigenvalue weighted by atomic mass is 32.1. The summed E-state index contributed by atoms with van der Waals surface area (Å²) < 4.78 is 28.8. The van der Waals surface area contributed by atoms with Crippen molar-refractivity contribution in [3.8, 4) is 22.5 Å². The minimum absolute atomic E-state index is 0.0461. The summed E-state index contributed by atoms with van der Waals surface area (Å²) in [6.07, 6.45) is 0. The molecule has 9 heteroatoms. The third-order valence-electron chi connectivity index (χ3n) is 4.24. The number of nitrogens with zero attached hydrogens (tertiary/aromatic N) is 4. The van der Waals surface area contributed by atoms with Crippen LogP contribution in [-0.4, -0.2) is 20.7 Å². The molecule has 0 spiro atoms. The van der Waals surface area contributed by atoms with E-state index in [9.17, 15) is 18.8 Å². The van der Waals surface area contributed by atoms with E-state index >= 15 is 0 Å². The van der Waals surface area contributed by atoms with Gasteiger partial charge in [-0.05, 0) is 41.8 Å². The van der Waals surface area contributed by atoms with Gasteiger partial charge in [0.2, 0.25) is 5.82 Å². The average Bonchev–Trinajstić information content (AvgIpc) is 3.43. The van der Waals surface area contributed by atoms with E-state index in [4.69, 9.17) is 0 Å². The van der Waals surface area contributed by atoms with E-state index in [0.29, 0.717) is 11.5 Å². The summed E-state index contributed by atoms with van der Waals surface area (Å²) in [7, 11) is 0. The van der Waals surface area contributed by atoms with E-state index in [1.807, 2.05) is 23.6 Å². The molecule has 30 heavy (non-hydrogen) atoms. The molecule has 6 nitrogen and oxygen atoms in total. The van der Waals surface area contributed by atoms with Crippen molar-refractivity contribution < 1.29 is 13.6 Å². The molecular weight excluding hydrogens is 408 g/mol. The molecule has 1 atom stereocenters. The first-order chi connectivity index (χ1) is 14.6. The topological polar surface area (TPSA) is 83.6 Å². The number of benzene rings is 2. The van der Waals surface area contributed by atoms with Crippen molar-refractivity contribution in [2.45, 2.75) is 6.04 Å². The Kier molecular flexibility index (Phi) is 5.32. The van der Waals surface area contributed by atoms with Crippen LogP contribution in [0.25, 0.3) is 16.4 Å². The van der Waals surface area contributed by atoms with Crippen molar-refractivity contribution >= 4 is 17.2 Å². The van der Waals surface area contributed by atoms with Gasteiger partial charge in [0.15, 0.2) is 5.82 Å². The first kappa shape index (κ1) is 19.4. The van der Waals surface area contributed by atoms with Crippen LogP contribution in [0.2, 0.25) is 0 Å². The fraction of sp³-hybridized carbons (Fsp3) is 0.0476. The largest absolute Gasteiger partial charge is 0.330 e. The Balaban J connectivity index is 1.70. The fourth-order valence-corrected chi connectivity index (χ4v) is 3.52. The third-order valence-corrected chi connectivity index (χ3v) is 5.11. The maximum atomic E-state index is 14.0. The maximum absolute atomic E-state index is 14.0. The van der Waals surface area contributed by atoms with Gasteiger partial charge in [-0.3, -0.25) is 4.79 Å². The molecule has 2 aromatic carbocycles. The van der Waals surface area contributed by atoms with Gasteiger partial charge in [0.1, 0.15) is 17.7 Å². The van der Waals surface area contributed by atoms with Crippen LogP contribution in [0.4, 0.5) is 8.78 Å². The zero-order chi connectivity index (χ0) is 21.1. The van der Waals surface area contributed by atoms with Crippen molar-refractivity contribution in [2.75, 3.05) is 0 Å². The van der Waals surface area contributed by atoms with Gasteiger partial charge in [-0.25, -0.2) is 18.4 Å². The number of hydrogen-bond donors (Lipinski definition) is 1. The minimum Gasteiger partial charge on any atom is -0.330 e. The number of nitrogens with one attached hydrogen (secondary N) is 1. The number of hydrogen-bond acceptors (Lipinski definition) is 5. The Morgan fingerprint density at radius 3 is 2.53 bits per heavy atom. The van der Waals surface area contributed by atoms with Crippen LogP contribution in [-0.2, 0) is 0 Å². The number of nitriles is 1. The summed E-state index contributed by atoms with van der Waals surface area (Å²) in [5.74, 6) is -1.55. The van der Waals surface area contributed by atoms with Crippen molar-refractivity contribution in [2.24, 2.45) is 0 Å². The van der Waals surface area contributed by atoms with Gasteiger partial charge in [-0.2, -0.15) is 5.26 Å². The standard InChI is InChI=1S/C21H13F2N5OS/c22-13-7-9-14(10-8-13)28-20(18-6-3-11-30-18)26-19(27-28)21(29)25-17(12-24)15-4-1-2-5-16(15)23/h1-11,17H,(H,25,29). The SMILES string of the molecule is N#CC(NC(=O)c1nc(-c2cccs2)n(-c2ccc(F)cc2)n1)c1ccccc1F. The third kappa shape index (κ3) is 3.81. The summed E-state index contributed by atoms with van der Waals surface area (Å²) in [5, 5.41) is 17.9. The van der Waals surface area contributed by atoms with Crippen molar-refractivity contribution in [1.82, 2.24) is 20.1 Å². The predicted octanol–water partition coefficient (Wildman–Crippen LogP) is 4.27. The highest BCUT2D eigenvalue weighted by molar-refractivity contribution is 7.13. The van der Waals surface area contributed by atoms with Gasteiger partial charge in [0.05, 0.1) is 16.6 Å². The summed E-state index contributed by atoms with van der Waals surface area (Å²) in [6.45, 7) is 0. The van der Waals surface area contributed by atoms with Crippen LogP contribution < -0.4 is 5.32 Å². The van der Waals surface area contributed by atoms with Crippen LogP contribution in [0.15, 0.2) is 66.0 Å². The molecule has 1 unspecified atom stereocenters. The molecule has 1 amide bonds. The molecule has 0 saturated heterocycles. The van der Waals surface area contributed by atoms with Crippen LogP contribution in [0, 0.1) is 23.0 Å². The van der Waals surface area contributed by atoms with Crippen LogP contribution in [0.1, 0.15) is 22.2 Å². The predicted molar refractivity (Wildman–Crippen MR) is 107 cm³/mol. The summed E-state index contributed by atoms with van der Waals surface area (Å²) >= 11 is 1.40. The smallest absolute Gasteiger partial charge is 0.292 e. The van der Waals surface area contributed by atoms with Gasteiger partial charge < -0.3 is 5.32 Å². The number of halogens is 2. The first-order valence-electron chi connectivity index (χ1n) is 8.78. The molecule has 2 aromatic heterocycles. The first-order valence-corrected chi connectivity index (χ1v) is 9.66. The summed E-state index contributed by atoms with van der Waals surface area (Å²) in [5.41, 5.74) is 0.557. The second kappa shape index (κ2) is 8.23. The second-order valence-corrected chi connectivity index (χ2v) is 7.13. The van der Waals surface area contributed by atoms with E-state index in [-0.39, 0.29) is 11.4 Å². The van der Waals surface area contributed by atoms with Gasteiger partial charge in [0.25, 0.3) is 5.91 Å². The Hall–Kier alpha value is -3.90. The fourth-order valence-electron chi connectivity index (χ4n) is 2.82. The number of carbonyl (C=O) groups is 1. The normalized spacial score (nSPS) is 11.6. The molecule has 2 heterocycles. The number of aromatic nitrogens is 3. The Labute approximate surface area is 174 Å². The van der Waals surface area contributed by atoms with Crippen LogP contribution >= 0.6 is 11.3 Å². The highest BCUT2D eigenvalue weighted by Crippen LogP contribution is 2.26. The molecule has 0 fully saturated rings. The lowest BCUT2D eigenvalue weighted by Gasteiger charge is -2.11. The number of carbonyl (C=O) groups excluding carboxylic acids is 1. The summed E-state index contributed by atoms with van der Waals surface area (Å²) in [6, 6.07) is 15.6. The van der Waals surface area contributed by atoms with Gasteiger partial charge in [-0.15, -0.1) is 16.4 Å². The maximum Gasteiger partial charge on any atom is 0.292 e. The average molecular weight is 421 g/mol. The molecule has 148 valence electrons. The monoisotopic (exact) mass is 421 g/mol. The van der Waals surface area contributed by atoms with Gasteiger partial charge in [0, 0.05) is 5.56 Å². The molecule has 0 saturated carbocycles. The highest BCUT2D eigenvalue weighted by Gasteiger charge is 2.23. The van der Waals surface area contributed by atoms with Gasteiger partial charge in [-0.1, -0.05) is 24.3 Å². The van der Waals surface area contributed by atoms with Crippen molar-refractivity contribution in [1.29, 1.82) is 5.26 Å². The van der Waals surface area contributed by atoms with E-state index in [2.05, 4.69) is 15.4 Å². The number of thiophene rings is 1. The quantitative estimate of drug-likeness (QED) is 0.522. The molecule has 0 aliphatic heterocycles. The summed E-state index contributed by atoms with van der Waals surface area (Å²) in [4.78, 5) is 17.8. The lowest BCUT2D eigenvalue weighted by Crippen LogP contribution is -2.29. The van der Waals surface area contributed by atoms with Crippen LogP contribution in [0.3, 0.4) is 0 Å². The Morgan fingerprint density at radius 2 is 1.87 bits per heavy atom.